The van der Waals surface area contributed by atoms with Crippen LogP contribution in [0.1, 0.15) is 25.8 Å². The molecule has 2 N–H and O–H groups in total. The quantitative estimate of drug-likeness (QED) is 0.852. The summed E-state index contributed by atoms with van der Waals surface area (Å²) in [6, 6.07) is 12.5. The van der Waals surface area contributed by atoms with Crippen molar-refractivity contribution >= 4 is 29.0 Å². The molecule has 2 aromatic carbocycles. The maximum absolute atomic E-state index is 12.2. The Labute approximate surface area is 153 Å². The number of anilines is 3. The zero-order valence-electron chi connectivity index (χ0n) is 15.0. The molecule has 0 saturated heterocycles. The van der Waals surface area contributed by atoms with Crippen LogP contribution in [-0.2, 0) is 11.2 Å². The van der Waals surface area contributed by atoms with Crippen LogP contribution >= 0.6 is 0 Å². The van der Waals surface area contributed by atoms with Gasteiger partial charge in [0.25, 0.3) is 0 Å². The van der Waals surface area contributed by atoms with Crippen molar-refractivity contribution < 1.29 is 14.3 Å². The third kappa shape index (κ3) is 3.96. The van der Waals surface area contributed by atoms with Crippen LogP contribution in [0.2, 0.25) is 0 Å². The Morgan fingerprint density at radius 3 is 2.42 bits per heavy atom. The van der Waals surface area contributed by atoms with Crippen molar-refractivity contribution in [1.29, 1.82) is 0 Å². The summed E-state index contributed by atoms with van der Waals surface area (Å²) in [6.07, 6.45) is 1.20. The number of nitrogens with one attached hydrogen (secondary N) is 2. The van der Waals surface area contributed by atoms with Crippen molar-refractivity contribution in [2.75, 3.05) is 28.7 Å². The molecule has 0 aromatic heterocycles. The Bertz CT molecular complexity index is 802. The van der Waals surface area contributed by atoms with Crippen molar-refractivity contribution in [3.05, 3.63) is 48.0 Å². The van der Waals surface area contributed by atoms with Crippen LogP contribution in [0.15, 0.2) is 42.5 Å². The lowest BCUT2D eigenvalue weighted by molar-refractivity contribution is -0.118. The van der Waals surface area contributed by atoms with E-state index in [9.17, 15) is 9.59 Å². The number of amides is 3. The van der Waals surface area contributed by atoms with Gasteiger partial charge in [-0.05, 0) is 68.3 Å². The topological polar surface area (TPSA) is 70.7 Å². The smallest absolute Gasteiger partial charge is 0.323 e. The van der Waals surface area contributed by atoms with Gasteiger partial charge in [0, 0.05) is 30.0 Å². The fourth-order valence-electron chi connectivity index (χ4n) is 3.08. The number of rotatable bonds is 5. The average molecular weight is 353 g/mol. The van der Waals surface area contributed by atoms with Crippen LogP contribution in [0.4, 0.5) is 21.9 Å². The van der Waals surface area contributed by atoms with Gasteiger partial charge in [-0.15, -0.1) is 0 Å². The molecule has 6 nitrogen and oxygen atoms in total. The van der Waals surface area contributed by atoms with Gasteiger partial charge in [-0.3, -0.25) is 4.79 Å². The van der Waals surface area contributed by atoms with Crippen LogP contribution in [0.3, 0.4) is 0 Å². The van der Waals surface area contributed by atoms with Crippen LogP contribution in [-0.4, -0.2) is 25.1 Å². The second-order valence-corrected chi connectivity index (χ2v) is 6.02. The van der Waals surface area contributed by atoms with E-state index < -0.39 is 0 Å². The predicted octanol–water partition coefficient (Wildman–Crippen LogP) is 4.03. The van der Waals surface area contributed by atoms with E-state index in [0.717, 1.165) is 17.0 Å². The van der Waals surface area contributed by atoms with Crippen LogP contribution in [0.25, 0.3) is 0 Å². The molecule has 0 fully saturated rings. The fraction of sp³-hybridized carbons (Fsp3) is 0.300. The standard InChI is InChI=1S/C20H23N3O3/c1-3-23-18-11-8-16(13-14(18)5-12-19(23)24)22-20(25)21-15-6-9-17(10-7-15)26-4-2/h6-11,13H,3-5,12H2,1-2H3,(H2,21,22,25). The molecule has 136 valence electrons. The molecular formula is C20H23N3O3. The van der Waals surface area contributed by atoms with Crippen molar-refractivity contribution in [3.63, 3.8) is 0 Å². The number of carbonyl (C=O) groups excluding carboxylic acids is 2. The first-order chi connectivity index (χ1) is 12.6. The lowest BCUT2D eigenvalue weighted by Gasteiger charge is -2.28. The molecule has 1 aliphatic heterocycles. The second kappa shape index (κ2) is 7.91. The minimum atomic E-state index is -0.312. The van der Waals surface area contributed by atoms with Gasteiger partial charge in [0.2, 0.25) is 5.91 Å². The molecule has 0 saturated carbocycles. The van der Waals surface area contributed by atoms with Crippen molar-refractivity contribution in [2.45, 2.75) is 26.7 Å². The highest BCUT2D eigenvalue weighted by molar-refractivity contribution is 6.01. The van der Waals surface area contributed by atoms with Crippen molar-refractivity contribution in [1.82, 2.24) is 0 Å². The van der Waals surface area contributed by atoms with E-state index in [1.165, 1.54) is 0 Å². The lowest BCUT2D eigenvalue weighted by Crippen LogP contribution is -2.34. The number of urea groups is 1. The summed E-state index contributed by atoms with van der Waals surface area (Å²) in [5.74, 6) is 0.914. The Balaban J connectivity index is 1.65. The number of ether oxygens (including phenoxy) is 1. The minimum absolute atomic E-state index is 0.147. The van der Waals surface area contributed by atoms with E-state index in [0.29, 0.717) is 37.4 Å². The summed E-state index contributed by atoms with van der Waals surface area (Å²) in [4.78, 5) is 26.0. The third-order valence-electron chi connectivity index (χ3n) is 4.28. The second-order valence-electron chi connectivity index (χ2n) is 6.02. The summed E-state index contributed by atoms with van der Waals surface area (Å²) in [7, 11) is 0. The summed E-state index contributed by atoms with van der Waals surface area (Å²) >= 11 is 0. The van der Waals surface area contributed by atoms with Crippen LogP contribution in [0, 0.1) is 0 Å². The molecule has 6 heteroatoms. The van der Waals surface area contributed by atoms with E-state index in [-0.39, 0.29) is 11.9 Å². The maximum Gasteiger partial charge on any atom is 0.323 e. The summed E-state index contributed by atoms with van der Waals surface area (Å²) in [5, 5.41) is 5.64. The number of nitrogens with zero attached hydrogens (tertiary/aromatic N) is 1. The molecule has 0 unspecified atom stereocenters. The molecule has 0 aliphatic carbocycles. The highest BCUT2D eigenvalue weighted by Crippen LogP contribution is 2.30. The first kappa shape index (κ1) is 17.8. The lowest BCUT2D eigenvalue weighted by atomic mass is 10.0. The molecule has 1 aliphatic rings. The third-order valence-corrected chi connectivity index (χ3v) is 4.28. The average Bonchev–Trinajstić information content (AvgIpc) is 2.63. The normalized spacial score (nSPS) is 13.2. The molecule has 0 bridgehead atoms. The molecule has 0 spiro atoms. The zero-order valence-corrected chi connectivity index (χ0v) is 15.0. The van der Waals surface area contributed by atoms with Crippen molar-refractivity contribution in [2.24, 2.45) is 0 Å². The number of hydrogen-bond donors (Lipinski definition) is 2. The number of carbonyl (C=O) groups is 2. The molecule has 26 heavy (non-hydrogen) atoms. The van der Waals surface area contributed by atoms with E-state index >= 15 is 0 Å². The largest absolute Gasteiger partial charge is 0.494 e. The molecule has 0 atom stereocenters. The highest BCUT2D eigenvalue weighted by atomic mass is 16.5. The molecule has 0 radical (unpaired) electrons. The molecular weight excluding hydrogens is 330 g/mol. The summed E-state index contributed by atoms with van der Waals surface area (Å²) in [5.41, 5.74) is 3.40. The van der Waals surface area contributed by atoms with E-state index in [2.05, 4.69) is 10.6 Å². The SMILES string of the molecule is CCOc1ccc(NC(=O)Nc2ccc3c(c2)CCC(=O)N3CC)cc1. The Kier molecular flexibility index (Phi) is 5.41. The van der Waals surface area contributed by atoms with Gasteiger partial charge < -0.3 is 20.3 Å². The first-order valence-corrected chi connectivity index (χ1v) is 8.85. The fourth-order valence-corrected chi connectivity index (χ4v) is 3.08. The van der Waals surface area contributed by atoms with Gasteiger partial charge in [-0.25, -0.2) is 4.79 Å². The first-order valence-electron chi connectivity index (χ1n) is 8.85. The molecule has 3 rings (SSSR count). The number of fused-ring (bicyclic) bond motifs is 1. The monoisotopic (exact) mass is 353 g/mol. The summed E-state index contributed by atoms with van der Waals surface area (Å²) < 4.78 is 5.38. The van der Waals surface area contributed by atoms with Gasteiger partial charge in [0.15, 0.2) is 0 Å². The molecule has 3 amide bonds. The molecule has 1 heterocycles. The highest BCUT2D eigenvalue weighted by Gasteiger charge is 2.22. The van der Waals surface area contributed by atoms with E-state index in [1.54, 1.807) is 17.0 Å². The van der Waals surface area contributed by atoms with E-state index in [1.807, 2.05) is 44.2 Å². The Hall–Kier alpha value is -3.02. The van der Waals surface area contributed by atoms with Gasteiger partial charge in [-0.1, -0.05) is 0 Å². The van der Waals surface area contributed by atoms with Gasteiger partial charge in [0.1, 0.15) is 5.75 Å². The zero-order chi connectivity index (χ0) is 18.5. The van der Waals surface area contributed by atoms with Crippen LogP contribution in [0.5, 0.6) is 5.75 Å². The molecule has 2 aromatic rings. The minimum Gasteiger partial charge on any atom is -0.494 e. The van der Waals surface area contributed by atoms with Crippen molar-refractivity contribution in [3.8, 4) is 5.75 Å². The van der Waals surface area contributed by atoms with Crippen LogP contribution < -0.4 is 20.3 Å². The van der Waals surface area contributed by atoms with E-state index in [4.69, 9.17) is 4.74 Å². The number of hydrogen-bond acceptors (Lipinski definition) is 3. The number of aryl methyl sites for hydroxylation is 1. The maximum atomic E-state index is 12.2. The number of benzene rings is 2. The predicted molar refractivity (Wildman–Crippen MR) is 103 cm³/mol. The van der Waals surface area contributed by atoms with Gasteiger partial charge in [-0.2, -0.15) is 0 Å². The van der Waals surface area contributed by atoms with Gasteiger partial charge in [0.05, 0.1) is 6.61 Å². The Morgan fingerprint density at radius 1 is 1.04 bits per heavy atom. The Morgan fingerprint density at radius 2 is 1.73 bits per heavy atom. The van der Waals surface area contributed by atoms with Gasteiger partial charge >= 0.3 is 6.03 Å². The summed E-state index contributed by atoms with van der Waals surface area (Å²) in [6.45, 7) is 5.14.